The second kappa shape index (κ2) is 2.03. The summed E-state index contributed by atoms with van der Waals surface area (Å²) < 4.78 is 0. The number of nitrogens with one attached hydrogen (secondary N) is 1. The highest BCUT2D eigenvalue weighted by atomic mass is 16.3. The van der Waals surface area contributed by atoms with Crippen LogP contribution in [0.15, 0.2) is 28.8 Å². The maximum Gasteiger partial charge on any atom is 0.151 e. The summed E-state index contributed by atoms with van der Waals surface area (Å²) in [6, 6.07) is 0. The minimum Gasteiger partial charge on any atom is -0.506 e. The first-order valence-corrected chi connectivity index (χ1v) is 3.82. The molecule has 0 saturated carbocycles. The third kappa shape index (κ3) is 0.879. The Morgan fingerprint density at radius 3 is 3.17 bits per heavy atom. The van der Waals surface area contributed by atoms with Gasteiger partial charge in [0, 0.05) is 18.0 Å². The number of nitrogens with zero attached hydrogens (tertiary/aromatic N) is 2. The van der Waals surface area contributed by atoms with Gasteiger partial charge in [-0.2, -0.15) is 5.10 Å². The molecule has 0 spiro atoms. The molecule has 0 aromatic carbocycles. The van der Waals surface area contributed by atoms with Crippen LogP contribution in [0.2, 0.25) is 0 Å². The average molecular weight is 165 g/mol. The largest absolute Gasteiger partial charge is 0.506 e. The molecule has 0 radical (unpaired) electrons. The normalized spacial score (nSPS) is 32.3. The Kier molecular flexibility index (Phi) is 1.22. The Morgan fingerprint density at radius 1 is 1.67 bits per heavy atom. The molecule has 0 aliphatic carbocycles. The molecule has 12 heavy (non-hydrogen) atoms. The fraction of sp³-hybridized carbons (Fsp3) is 0.375. The van der Waals surface area contributed by atoms with Gasteiger partial charge in [-0.1, -0.05) is 0 Å². The minimum absolute atomic E-state index is 0.198. The van der Waals surface area contributed by atoms with Gasteiger partial charge >= 0.3 is 0 Å². The van der Waals surface area contributed by atoms with Crippen LogP contribution < -0.4 is 5.32 Å². The molecule has 0 bridgehead atoms. The van der Waals surface area contributed by atoms with Crippen LogP contribution in [0, 0.1) is 0 Å². The van der Waals surface area contributed by atoms with Gasteiger partial charge in [0.15, 0.2) is 5.66 Å². The van der Waals surface area contributed by atoms with Crippen molar-refractivity contribution in [1.29, 1.82) is 0 Å². The SMILES string of the molecule is CC1=CN2N=CC(O)=CC2(C)N1. The van der Waals surface area contributed by atoms with E-state index in [0.29, 0.717) is 0 Å². The van der Waals surface area contributed by atoms with Crippen molar-refractivity contribution in [2.75, 3.05) is 0 Å². The molecule has 0 aromatic heterocycles. The van der Waals surface area contributed by atoms with Crippen LogP contribution in [0.4, 0.5) is 0 Å². The van der Waals surface area contributed by atoms with Crippen molar-refractivity contribution in [2.24, 2.45) is 5.10 Å². The Bertz CT molecular complexity index is 305. The van der Waals surface area contributed by atoms with Crippen LogP contribution >= 0.6 is 0 Å². The molecule has 0 saturated heterocycles. The van der Waals surface area contributed by atoms with E-state index in [4.69, 9.17) is 0 Å². The summed E-state index contributed by atoms with van der Waals surface area (Å²) in [6.45, 7) is 3.91. The maximum absolute atomic E-state index is 9.23. The molecule has 2 N–H and O–H groups in total. The van der Waals surface area contributed by atoms with E-state index in [9.17, 15) is 5.11 Å². The van der Waals surface area contributed by atoms with Crippen LogP contribution in [0.5, 0.6) is 0 Å². The van der Waals surface area contributed by atoms with Crippen molar-refractivity contribution in [3.05, 3.63) is 23.7 Å². The first-order valence-electron chi connectivity index (χ1n) is 3.82. The number of rotatable bonds is 0. The number of hydrazone groups is 1. The van der Waals surface area contributed by atoms with Crippen LogP contribution in [0.25, 0.3) is 0 Å². The number of aliphatic hydroxyl groups excluding tert-OH is 1. The minimum atomic E-state index is -0.386. The van der Waals surface area contributed by atoms with E-state index in [0.717, 1.165) is 5.70 Å². The van der Waals surface area contributed by atoms with Gasteiger partial charge in [0.25, 0.3) is 0 Å². The van der Waals surface area contributed by atoms with E-state index in [1.807, 2.05) is 20.0 Å². The van der Waals surface area contributed by atoms with Gasteiger partial charge in [0.05, 0.1) is 6.21 Å². The molecule has 0 amide bonds. The molecule has 4 heteroatoms. The van der Waals surface area contributed by atoms with Gasteiger partial charge in [-0.15, -0.1) is 0 Å². The zero-order valence-electron chi connectivity index (χ0n) is 7.07. The highest BCUT2D eigenvalue weighted by molar-refractivity contribution is 5.76. The summed E-state index contributed by atoms with van der Waals surface area (Å²) >= 11 is 0. The van der Waals surface area contributed by atoms with Crippen LogP contribution in [0.3, 0.4) is 0 Å². The molecule has 2 heterocycles. The topological polar surface area (TPSA) is 47.9 Å². The van der Waals surface area contributed by atoms with Crippen molar-refractivity contribution >= 4 is 6.21 Å². The third-order valence-corrected chi connectivity index (χ3v) is 1.99. The standard InChI is InChI=1S/C8H11N3O/c1-6-5-11-8(2,10-6)3-7(12)4-9-11/h3-5,10,12H,1-2H3. The summed E-state index contributed by atoms with van der Waals surface area (Å²) in [7, 11) is 0. The van der Waals surface area contributed by atoms with Crippen LogP contribution in [-0.4, -0.2) is 22.0 Å². The van der Waals surface area contributed by atoms with Gasteiger partial charge in [0.1, 0.15) is 5.76 Å². The fourth-order valence-corrected chi connectivity index (χ4v) is 1.51. The first-order chi connectivity index (χ1) is 5.60. The van der Waals surface area contributed by atoms with E-state index in [1.54, 1.807) is 11.1 Å². The maximum atomic E-state index is 9.23. The van der Waals surface area contributed by atoms with Gasteiger partial charge in [0.2, 0.25) is 0 Å². The lowest BCUT2D eigenvalue weighted by molar-refractivity contribution is 0.212. The molecule has 1 unspecified atom stereocenters. The molecular formula is C8H11N3O. The lowest BCUT2D eigenvalue weighted by Gasteiger charge is -2.31. The first kappa shape index (κ1) is 7.21. The van der Waals surface area contributed by atoms with Crippen molar-refractivity contribution in [3.8, 4) is 0 Å². The van der Waals surface area contributed by atoms with E-state index < -0.39 is 0 Å². The molecule has 0 fully saturated rings. The van der Waals surface area contributed by atoms with Crippen molar-refractivity contribution in [2.45, 2.75) is 19.5 Å². The smallest absolute Gasteiger partial charge is 0.151 e. The second-order valence-electron chi connectivity index (χ2n) is 3.24. The van der Waals surface area contributed by atoms with Gasteiger partial charge in [-0.05, 0) is 13.8 Å². The van der Waals surface area contributed by atoms with E-state index in [1.165, 1.54) is 6.21 Å². The summed E-state index contributed by atoms with van der Waals surface area (Å²) in [5, 5.41) is 18.3. The lowest BCUT2D eigenvalue weighted by atomic mass is 10.1. The highest BCUT2D eigenvalue weighted by Gasteiger charge is 2.35. The molecule has 64 valence electrons. The molecule has 2 rings (SSSR count). The van der Waals surface area contributed by atoms with Crippen LogP contribution in [0.1, 0.15) is 13.8 Å². The predicted octanol–water partition coefficient (Wildman–Crippen LogP) is 0.910. The lowest BCUT2D eigenvalue weighted by Crippen LogP contribution is -2.46. The third-order valence-electron chi connectivity index (χ3n) is 1.99. The molecular weight excluding hydrogens is 154 g/mol. The molecule has 2 aliphatic rings. The van der Waals surface area contributed by atoms with Gasteiger partial charge in [-0.3, -0.25) is 0 Å². The number of allylic oxidation sites excluding steroid dienone is 2. The summed E-state index contributed by atoms with van der Waals surface area (Å²) in [5.74, 6) is 0.198. The summed E-state index contributed by atoms with van der Waals surface area (Å²) in [6.07, 6.45) is 5.06. The second-order valence-corrected chi connectivity index (χ2v) is 3.24. The van der Waals surface area contributed by atoms with E-state index in [2.05, 4.69) is 10.4 Å². The molecule has 0 aromatic rings. The predicted molar refractivity (Wildman–Crippen MR) is 46.3 cm³/mol. The molecule has 4 nitrogen and oxygen atoms in total. The fourth-order valence-electron chi connectivity index (χ4n) is 1.51. The Morgan fingerprint density at radius 2 is 2.42 bits per heavy atom. The van der Waals surface area contributed by atoms with Crippen LogP contribution in [-0.2, 0) is 0 Å². The van der Waals surface area contributed by atoms with Crippen molar-refractivity contribution in [3.63, 3.8) is 0 Å². The molecule has 2 aliphatic heterocycles. The van der Waals surface area contributed by atoms with Gasteiger partial charge in [-0.25, -0.2) is 5.01 Å². The Balaban J connectivity index is 2.37. The highest BCUT2D eigenvalue weighted by Crippen LogP contribution is 2.26. The quantitative estimate of drug-likeness (QED) is 0.561. The number of hydrogen-bond acceptors (Lipinski definition) is 4. The number of aliphatic hydroxyl groups is 1. The zero-order valence-corrected chi connectivity index (χ0v) is 7.07. The number of fused-ring (bicyclic) bond motifs is 1. The molecule has 1 atom stereocenters. The van der Waals surface area contributed by atoms with Crippen molar-refractivity contribution in [1.82, 2.24) is 10.3 Å². The Labute approximate surface area is 70.9 Å². The summed E-state index contributed by atoms with van der Waals surface area (Å²) in [5.41, 5.74) is 0.656. The summed E-state index contributed by atoms with van der Waals surface area (Å²) in [4.78, 5) is 0. The zero-order chi connectivity index (χ0) is 8.77. The van der Waals surface area contributed by atoms with Gasteiger partial charge < -0.3 is 10.4 Å². The number of hydrogen-bond donors (Lipinski definition) is 2. The Hall–Kier alpha value is -1.45. The average Bonchev–Trinajstić information content (AvgIpc) is 2.22. The van der Waals surface area contributed by atoms with E-state index >= 15 is 0 Å². The van der Waals surface area contributed by atoms with Crippen molar-refractivity contribution < 1.29 is 5.11 Å². The monoisotopic (exact) mass is 165 g/mol. The van der Waals surface area contributed by atoms with E-state index in [-0.39, 0.29) is 11.4 Å².